The maximum absolute atomic E-state index is 5.74. The molecule has 1 aromatic rings. The van der Waals surface area contributed by atoms with Crippen molar-refractivity contribution in [3.8, 4) is 5.75 Å². The van der Waals surface area contributed by atoms with Gasteiger partial charge in [0.25, 0.3) is 0 Å². The zero-order valence-corrected chi connectivity index (χ0v) is 10.8. The molecule has 2 rings (SSSR count). The van der Waals surface area contributed by atoms with Crippen molar-refractivity contribution in [3.05, 3.63) is 29.3 Å². The molecule has 1 N–H and O–H groups in total. The number of hydrogen-bond donors (Lipinski definition) is 1. The molecule has 0 aliphatic carbocycles. The molecular formula is C14H21NO2. The summed E-state index contributed by atoms with van der Waals surface area (Å²) in [4.78, 5) is 0. The van der Waals surface area contributed by atoms with E-state index in [0.29, 0.717) is 12.6 Å². The summed E-state index contributed by atoms with van der Waals surface area (Å²) in [5.74, 6) is 0.948. The van der Waals surface area contributed by atoms with E-state index in [9.17, 15) is 0 Å². The van der Waals surface area contributed by atoms with E-state index in [1.54, 1.807) is 7.11 Å². The first-order chi connectivity index (χ1) is 8.20. The van der Waals surface area contributed by atoms with E-state index in [1.807, 2.05) is 13.8 Å². The Morgan fingerprint density at radius 1 is 1.41 bits per heavy atom. The average Bonchev–Trinajstić information content (AvgIpc) is 2.29. The molecule has 1 aliphatic rings. The highest BCUT2D eigenvalue weighted by Crippen LogP contribution is 2.27. The van der Waals surface area contributed by atoms with E-state index in [2.05, 4.69) is 23.5 Å². The second kappa shape index (κ2) is 5.52. The van der Waals surface area contributed by atoms with Crippen molar-refractivity contribution in [2.24, 2.45) is 0 Å². The van der Waals surface area contributed by atoms with Gasteiger partial charge in [0.1, 0.15) is 5.75 Å². The topological polar surface area (TPSA) is 30.5 Å². The van der Waals surface area contributed by atoms with Gasteiger partial charge in [-0.05, 0) is 50.1 Å². The number of fused-ring (bicyclic) bond motifs is 1. The Morgan fingerprint density at radius 3 is 2.94 bits per heavy atom. The second-order valence-electron chi connectivity index (χ2n) is 4.74. The monoisotopic (exact) mass is 235 g/mol. The van der Waals surface area contributed by atoms with Crippen molar-refractivity contribution < 1.29 is 9.47 Å². The fourth-order valence-electron chi connectivity index (χ4n) is 2.28. The molecule has 3 nitrogen and oxygen atoms in total. The second-order valence-corrected chi connectivity index (χ2v) is 4.74. The Morgan fingerprint density at radius 2 is 2.24 bits per heavy atom. The van der Waals surface area contributed by atoms with Crippen LogP contribution < -0.4 is 10.1 Å². The van der Waals surface area contributed by atoms with Crippen LogP contribution in [0.2, 0.25) is 0 Å². The van der Waals surface area contributed by atoms with E-state index in [-0.39, 0.29) is 6.10 Å². The summed E-state index contributed by atoms with van der Waals surface area (Å²) in [6.45, 7) is 5.82. The molecule has 0 radical (unpaired) electrons. The molecule has 3 heteroatoms. The summed E-state index contributed by atoms with van der Waals surface area (Å²) in [6.07, 6.45) is 1.29. The van der Waals surface area contributed by atoms with Gasteiger partial charge in [0, 0.05) is 7.11 Å². The molecule has 1 unspecified atom stereocenters. The van der Waals surface area contributed by atoms with Gasteiger partial charge in [-0.15, -0.1) is 0 Å². The number of methoxy groups -OCH3 is 1. The van der Waals surface area contributed by atoms with Crippen molar-refractivity contribution in [3.63, 3.8) is 0 Å². The first kappa shape index (κ1) is 12.4. The highest BCUT2D eigenvalue weighted by atomic mass is 16.5. The van der Waals surface area contributed by atoms with Gasteiger partial charge in [0.2, 0.25) is 0 Å². The van der Waals surface area contributed by atoms with Crippen molar-refractivity contribution in [1.29, 1.82) is 0 Å². The molecule has 1 atom stereocenters. The number of nitrogens with one attached hydrogen (secondary N) is 1. The van der Waals surface area contributed by atoms with Gasteiger partial charge in [0.05, 0.1) is 18.8 Å². The average molecular weight is 235 g/mol. The summed E-state index contributed by atoms with van der Waals surface area (Å²) in [5.41, 5.74) is 2.72. The fourth-order valence-corrected chi connectivity index (χ4v) is 2.28. The zero-order chi connectivity index (χ0) is 12.3. The molecule has 0 saturated carbocycles. The van der Waals surface area contributed by atoms with Crippen LogP contribution in [0.25, 0.3) is 0 Å². The molecule has 1 aromatic carbocycles. The Hall–Kier alpha value is -1.06. The third-order valence-corrected chi connectivity index (χ3v) is 2.98. The highest BCUT2D eigenvalue weighted by Gasteiger charge is 2.20. The molecule has 0 fully saturated rings. The predicted octanol–water partition coefficient (Wildman–Crippen LogP) is 2.31. The smallest absolute Gasteiger partial charge is 0.120 e. The van der Waals surface area contributed by atoms with Crippen LogP contribution in [0.3, 0.4) is 0 Å². The maximum Gasteiger partial charge on any atom is 0.120 e. The van der Waals surface area contributed by atoms with Gasteiger partial charge in [0.15, 0.2) is 0 Å². The van der Waals surface area contributed by atoms with Crippen LogP contribution in [0.15, 0.2) is 18.2 Å². The minimum atomic E-state index is 0.213. The van der Waals surface area contributed by atoms with E-state index in [4.69, 9.17) is 9.47 Å². The van der Waals surface area contributed by atoms with Crippen LogP contribution in [0.1, 0.15) is 31.0 Å². The molecule has 94 valence electrons. The third-order valence-electron chi connectivity index (χ3n) is 2.98. The van der Waals surface area contributed by atoms with E-state index in [0.717, 1.165) is 18.7 Å². The summed E-state index contributed by atoms with van der Waals surface area (Å²) in [6, 6.07) is 6.68. The number of hydrogen-bond acceptors (Lipinski definition) is 3. The minimum Gasteiger partial charge on any atom is -0.491 e. The van der Waals surface area contributed by atoms with E-state index < -0.39 is 0 Å². The van der Waals surface area contributed by atoms with E-state index >= 15 is 0 Å². The molecule has 0 saturated heterocycles. The maximum atomic E-state index is 5.74. The van der Waals surface area contributed by atoms with Gasteiger partial charge in [-0.1, -0.05) is 6.07 Å². The zero-order valence-electron chi connectivity index (χ0n) is 10.8. The van der Waals surface area contributed by atoms with Crippen LogP contribution >= 0.6 is 0 Å². The quantitative estimate of drug-likeness (QED) is 0.868. The van der Waals surface area contributed by atoms with Crippen LogP contribution in [0, 0.1) is 0 Å². The lowest BCUT2D eigenvalue weighted by molar-refractivity contribution is 0.164. The highest BCUT2D eigenvalue weighted by molar-refractivity contribution is 5.39. The lowest BCUT2D eigenvalue weighted by Crippen LogP contribution is -2.32. The van der Waals surface area contributed by atoms with Crippen molar-refractivity contribution in [1.82, 2.24) is 5.32 Å². The molecule has 0 spiro atoms. The number of benzene rings is 1. The lowest BCUT2D eigenvalue weighted by Gasteiger charge is -2.27. The molecular weight excluding hydrogens is 214 g/mol. The molecule has 17 heavy (non-hydrogen) atoms. The predicted molar refractivity (Wildman–Crippen MR) is 68.5 cm³/mol. The van der Waals surface area contributed by atoms with Crippen LogP contribution in [0.4, 0.5) is 0 Å². The standard InChI is InChI=1S/C14H21NO2/c1-10(2)17-12-5-4-11-6-7-15-14(9-16-3)13(11)8-12/h4-5,8,10,14-15H,6-7,9H2,1-3H3. The fraction of sp³-hybridized carbons (Fsp3) is 0.571. The van der Waals surface area contributed by atoms with Crippen LogP contribution in [-0.4, -0.2) is 26.4 Å². The van der Waals surface area contributed by atoms with Gasteiger partial charge in [-0.25, -0.2) is 0 Å². The molecule has 0 bridgehead atoms. The largest absolute Gasteiger partial charge is 0.491 e. The Labute approximate surface area is 103 Å². The van der Waals surface area contributed by atoms with Crippen molar-refractivity contribution in [2.45, 2.75) is 32.4 Å². The summed E-state index contributed by atoms with van der Waals surface area (Å²) < 4.78 is 11.0. The summed E-state index contributed by atoms with van der Waals surface area (Å²) >= 11 is 0. The molecule has 0 aromatic heterocycles. The van der Waals surface area contributed by atoms with E-state index in [1.165, 1.54) is 11.1 Å². The molecule has 1 aliphatic heterocycles. The van der Waals surface area contributed by atoms with Crippen molar-refractivity contribution >= 4 is 0 Å². The van der Waals surface area contributed by atoms with Gasteiger partial charge in [-0.3, -0.25) is 0 Å². The summed E-state index contributed by atoms with van der Waals surface area (Å²) in [5, 5.41) is 3.48. The third kappa shape index (κ3) is 2.99. The van der Waals surface area contributed by atoms with Gasteiger partial charge in [-0.2, -0.15) is 0 Å². The number of rotatable bonds is 4. The Bertz CT molecular complexity index is 376. The molecule has 0 amide bonds. The first-order valence-electron chi connectivity index (χ1n) is 6.22. The lowest BCUT2D eigenvalue weighted by atomic mass is 9.94. The minimum absolute atomic E-state index is 0.213. The molecule has 1 heterocycles. The van der Waals surface area contributed by atoms with Gasteiger partial charge >= 0.3 is 0 Å². The normalized spacial score (nSPS) is 19.2. The Balaban J connectivity index is 2.24. The first-order valence-corrected chi connectivity index (χ1v) is 6.22. The van der Waals surface area contributed by atoms with Gasteiger partial charge < -0.3 is 14.8 Å². The van der Waals surface area contributed by atoms with Crippen LogP contribution in [0.5, 0.6) is 5.75 Å². The Kier molecular flexibility index (Phi) is 4.02. The summed E-state index contributed by atoms with van der Waals surface area (Å²) in [7, 11) is 1.74. The SMILES string of the molecule is COCC1NCCc2ccc(OC(C)C)cc21. The number of ether oxygens (including phenoxy) is 2. The van der Waals surface area contributed by atoms with Crippen molar-refractivity contribution in [2.75, 3.05) is 20.3 Å². The van der Waals surface area contributed by atoms with Crippen LogP contribution in [-0.2, 0) is 11.2 Å².